The third-order valence-electron chi connectivity index (χ3n) is 6.55. The number of fused-ring (bicyclic) bond motifs is 1. The van der Waals surface area contributed by atoms with Gasteiger partial charge in [0, 0.05) is 25.1 Å². The van der Waals surface area contributed by atoms with Gasteiger partial charge in [-0.05, 0) is 55.6 Å². The monoisotopic (exact) mass is 372 g/mol. The number of nitrogens with zero attached hydrogens (tertiary/aromatic N) is 2. The molecule has 1 aliphatic heterocycles. The minimum Gasteiger partial charge on any atom is -0.340 e. The summed E-state index contributed by atoms with van der Waals surface area (Å²) in [6.07, 6.45) is 5.80. The highest BCUT2D eigenvalue weighted by Gasteiger charge is 2.36. The summed E-state index contributed by atoms with van der Waals surface area (Å²) in [5.74, 6) is 1.94. The van der Waals surface area contributed by atoms with Crippen molar-refractivity contribution in [1.29, 1.82) is 0 Å². The summed E-state index contributed by atoms with van der Waals surface area (Å²) in [4.78, 5) is 2.42. The maximum atomic E-state index is 5.92. The number of hydrogen-bond donors (Lipinski definition) is 0. The van der Waals surface area contributed by atoms with Crippen molar-refractivity contribution in [2.24, 2.45) is 0 Å². The van der Waals surface area contributed by atoms with E-state index >= 15 is 0 Å². The number of anilines is 1. The molecular formula is C25H28N2O. The van der Waals surface area contributed by atoms with Gasteiger partial charge in [-0.15, -0.1) is 0 Å². The van der Waals surface area contributed by atoms with Crippen LogP contribution in [-0.2, 0) is 12.8 Å². The Morgan fingerprint density at radius 3 is 2.25 bits per heavy atom. The van der Waals surface area contributed by atoms with Crippen molar-refractivity contribution < 1.29 is 4.52 Å². The number of hydrogen-bond acceptors (Lipinski definition) is 3. The van der Waals surface area contributed by atoms with Gasteiger partial charge in [0.15, 0.2) is 0 Å². The van der Waals surface area contributed by atoms with Crippen molar-refractivity contribution in [2.75, 3.05) is 18.0 Å². The first-order valence-corrected chi connectivity index (χ1v) is 10.6. The molecule has 2 aliphatic rings. The van der Waals surface area contributed by atoms with Crippen molar-refractivity contribution in [3.63, 3.8) is 0 Å². The predicted molar refractivity (Wildman–Crippen MR) is 113 cm³/mol. The predicted octanol–water partition coefficient (Wildman–Crippen LogP) is 5.64. The smallest absolute Gasteiger partial charge is 0.230 e. The second-order valence-electron chi connectivity index (χ2n) is 8.40. The Morgan fingerprint density at radius 1 is 0.821 bits per heavy atom. The first-order chi connectivity index (χ1) is 13.8. The molecule has 28 heavy (non-hydrogen) atoms. The molecule has 0 spiro atoms. The van der Waals surface area contributed by atoms with Gasteiger partial charge in [0.25, 0.3) is 0 Å². The van der Waals surface area contributed by atoms with Crippen LogP contribution in [0.1, 0.15) is 59.0 Å². The zero-order valence-electron chi connectivity index (χ0n) is 16.6. The first kappa shape index (κ1) is 17.5. The van der Waals surface area contributed by atoms with E-state index < -0.39 is 0 Å². The fourth-order valence-electron chi connectivity index (χ4n) is 4.97. The van der Waals surface area contributed by atoms with Crippen LogP contribution in [-0.4, -0.2) is 18.2 Å². The Balaban J connectivity index is 1.54. The molecular weight excluding hydrogens is 344 g/mol. The molecule has 1 aromatic heterocycles. The van der Waals surface area contributed by atoms with E-state index in [4.69, 9.17) is 4.52 Å². The fraction of sp³-hybridized carbons (Fsp3) is 0.400. The summed E-state index contributed by atoms with van der Waals surface area (Å²) < 4.78 is 5.92. The highest BCUT2D eigenvalue weighted by Crippen LogP contribution is 2.45. The molecule has 3 aromatic rings. The molecule has 0 radical (unpaired) electrons. The van der Waals surface area contributed by atoms with E-state index in [1.165, 1.54) is 41.5 Å². The van der Waals surface area contributed by atoms with E-state index in [-0.39, 0.29) is 0 Å². The number of aryl methyl sites for hydroxylation is 1. The van der Waals surface area contributed by atoms with E-state index in [9.17, 15) is 0 Å². The number of rotatable bonds is 3. The second kappa shape index (κ2) is 7.46. The van der Waals surface area contributed by atoms with Crippen molar-refractivity contribution in [2.45, 2.75) is 50.9 Å². The van der Waals surface area contributed by atoms with Gasteiger partial charge < -0.3 is 9.42 Å². The zero-order valence-corrected chi connectivity index (χ0v) is 16.6. The highest BCUT2D eigenvalue weighted by atomic mass is 16.5. The van der Waals surface area contributed by atoms with E-state index in [1.807, 2.05) is 0 Å². The molecule has 1 saturated heterocycles. The van der Waals surface area contributed by atoms with Crippen LogP contribution in [0.25, 0.3) is 0 Å². The van der Waals surface area contributed by atoms with Crippen LogP contribution in [0.2, 0.25) is 0 Å². The minimum atomic E-state index is 0.440. The lowest BCUT2D eigenvalue weighted by atomic mass is 9.71. The van der Waals surface area contributed by atoms with Crippen molar-refractivity contribution in [3.05, 3.63) is 82.5 Å². The molecule has 2 atom stereocenters. The summed E-state index contributed by atoms with van der Waals surface area (Å²) in [6.45, 7) is 4.35. The van der Waals surface area contributed by atoms with Crippen LogP contribution < -0.4 is 4.90 Å². The van der Waals surface area contributed by atoms with E-state index in [0.717, 1.165) is 37.5 Å². The van der Waals surface area contributed by atoms with Gasteiger partial charge in [0.2, 0.25) is 5.88 Å². The van der Waals surface area contributed by atoms with Crippen LogP contribution >= 0.6 is 0 Å². The largest absolute Gasteiger partial charge is 0.340 e. The number of benzene rings is 2. The summed E-state index contributed by atoms with van der Waals surface area (Å²) >= 11 is 0. The highest BCUT2D eigenvalue weighted by molar-refractivity contribution is 5.51. The number of piperidine rings is 1. The van der Waals surface area contributed by atoms with Crippen molar-refractivity contribution in [1.82, 2.24) is 5.16 Å². The molecule has 144 valence electrons. The van der Waals surface area contributed by atoms with Gasteiger partial charge >= 0.3 is 0 Å². The van der Waals surface area contributed by atoms with Crippen LogP contribution in [0.4, 0.5) is 5.88 Å². The van der Waals surface area contributed by atoms with Gasteiger partial charge in [-0.3, -0.25) is 0 Å². The van der Waals surface area contributed by atoms with Crippen LogP contribution in [0, 0.1) is 6.92 Å². The lowest BCUT2D eigenvalue weighted by Gasteiger charge is -2.33. The molecule has 0 N–H and O–H groups in total. The summed E-state index contributed by atoms with van der Waals surface area (Å²) in [5.41, 5.74) is 6.66. The number of aromatic nitrogens is 1. The Hall–Kier alpha value is -2.55. The van der Waals surface area contributed by atoms with Crippen LogP contribution in [0.15, 0.2) is 59.1 Å². The Bertz CT molecular complexity index is 923. The molecule has 0 bridgehead atoms. The molecule has 0 saturated carbocycles. The molecule has 2 unspecified atom stereocenters. The second-order valence-corrected chi connectivity index (χ2v) is 8.40. The SMILES string of the molecule is Cc1ccc(C2Cc3c(noc3N3CCCCC3)CC2c2ccccc2)cc1. The van der Waals surface area contributed by atoms with Crippen molar-refractivity contribution in [3.8, 4) is 0 Å². The molecule has 0 amide bonds. The molecule has 1 fully saturated rings. The molecule has 5 rings (SSSR count). The minimum absolute atomic E-state index is 0.440. The molecule has 2 aromatic carbocycles. The zero-order chi connectivity index (χ0) is 18.9. The Kier molecular flexibility index (Phi) is 4.67. The quantitative estimate of drug-likeness (QED) is 0.596. The lowest BCUT2D eigenvalue weighted by molar-refractivity contribution is 0.396. The Labute approximate surface area is 167 Å². The maximum absolute atomic E-state index is 5.92. The summed E-state index contributed by atoms with van der Waals surface area (Å²) in [6, 6.07) is 20.0. The van der Waals surface area contributed by atoms with E-state index in [2.05, 4.69) is 71.6 Å². The average molecular weight is 373 g/mol. The normalized spacial score (nSPS) is 22.1. The third-order valence-corrected chi connectivity index (χ3v) is 6.55. The molecule has 1 aliphatic carbocycles. The van der Waals surface area contributed by atoms with Gasteiger partial charge in [0.1, 0.15) is 0 Å². The van der Waals surface area contributed by atoms with Gasteiger partial charge in [-0.1, -0.05) is 65.3 Å². The fourth-order valence-corrected chi connectivity index (χ4v) is 4.97. The van der Waals surface area contributed by atoms with Crippen LogP contribution in [0.3, 0.4) is 0 Å². The Morgan fingerprint density at radius 2 is 1.50 bits per heavy atom. The molecule has 2 heterocycles. The maximum Gasteiger partial charge on any atom is 0.230 e. The van der Waals surface area contributed by atoms with Gasteiger partial charge in [0.05, 0.1) is 5.69 Å². The summed E-state index contributed by atoms with van der Waals surface area (Å²) in [5, 5.41) is 4.53. The topological polar surface area (TPSA) is 29.3 Å². The van der Waals surface area contributed by atoms with Crippen molar-refractivity contribution >= 4 is 5.88 Å². The summed E-state index contributed by atoms with van der Waals surface area (Å²) in [7, 11) is 0. The average Bonchev–Trinajstić information content (AvgIpc) is 3.18. The standard InChI is InChI=1S/C25H28N2O/c1-18-10-12-20(13-11-18)21-16-23-24(17-22(21)19-8-4-2-5-9-19)26-28-25(23)27-14-6-3-7-15-27/h2,4-5,8-13,21-22H,3,6-7,14-17H2,1H3. The van der Waals surface area contributed by atoms with Gasteiger partial charge in [-0.2, -0.15) is 0 Å². The lowest BCUT2D eigenvalue weighted by Crippen LogP contribution is -2.31. The van der Waals surface area contributed by atoms with Gasteiger partial charge in [-0.25, -0.2) is 0 Å². The first-order valence-electron chi connectivity index (χ1n) is 10.6. The third kappa shape index (κ3) is 3.23. The molecule has 3 nitrogen and oxygen atoms in total. The van der Waals surface area contributed by atoms with E-state index in [0.29, 0.717) is 11.8 Å². The molecule has 3 heteroatoms. The van der Waals surface area contributed by atoms with E-state index in [1.54, 1.807) is 0 Å². The van der Waals surface area contributed by atoms with Crippen LogP contribution in [0.5, 0.6) is 0 Å².